The number of rotatable bonds is 4. The van der Waals surface area contributed by atoms with E-state index in [-0.39, 0.29) is 5.92 Å². The molecule has 25 heavy (non-hydrogen) atoms. The first-order chi connectivity index (χ1) is 12.1. The molecule has 0 unspecified atom stereocenters. The Balaban J connectivity index is 1.65. The Morgan fingerprint density at radius 3 is 2.72 bits per heavy atom. The lowest BCUT2D eigenvalue weighted by atomic mass is 10.1. The molecule has 3 heterocycles. The highest BCUT2D eigenvalue weighted by atomic mass is 32.2. The fraction of sp³-hybridized carbons (Fsp3) is 0.333. The molecule has 1 aliphatic rings. The summed E-state index contributed by atoms with van der Waals surface area (Å²) in [6.07, 6.45) is 2.54. The van der Waals surface area contributed by atoms with Gasteiger partial charge < -0.3 is 4.57 Å². The lowest BCUT2D eigenvalue weighted by molar-refractivity contribution is 0.469. The smallest absolute Gasteiger partial charge is 0.243 e. The summed E-state index contributed by atoms with van der Waals surface area (Å²) in [5.41, 5.74) is 1.73. The van der Waals surface area contributed by atoms with Crippen LogP contribution < -0.4 is 0 Å². The molecular formula is C18H20N4O2S. The van der Waals surface area contributed by atoms with Crippen molar-refractivity contribution in [2.75, 3.05) is 13.1 Å². The van der Waals surface area contributed by atoms with E-state index < -0.39 is 10.0 Å². The van der Waals surface area contributed by atoms with Crippen LogP contribution in [0.5, 0.6) is 0 Å². The Hall–Kier alpha value is -2.25. The largest absolute Gasteiger partial charge is 0.313 e. The third-order valence-corrected chi connectivity index (χ3v) is 6.63. The monoisotopic (exact) mass is 356 g/mol. The number of aryl methyl sites for hydroxylation is 1. The van der Waals surface area contributed by atoms with Gasteiger partial charge in [-0.25, -0.2) is 18.4 Å². The molecule has 0 aliphatic carbocycles. The van der Waals surface area contributed by atoms with Crippen molar-refractivity contribution in [1.29, 1.82) is 0 Å². The molecule has 1 saturated heterocycles. The van der Waals surface area contributed by atoms with Gasteiger partial charge in [-0.1, -0.05) is 18.2 Å². The number of fused-ring (bicyclic) bond motifs is 1. The molecule has 2 aromatic heterocycles. The van der Waals surface area contributed by atoms with Crippen molar-refractivity contribution >= 4 is 21.2 Å². The molecular weight excluding hydrogens is 336 g/mol. The second kappa shape index (κ2) is 6.24. The Morgan fingerprint density at radius 1 is 1.16 bits per heavy atom. The van der Waals surface area contributed by atoms with Crippen LogP contribution >= 0.6 is 0 Å². The van der Waals surface area contributed by atoms with Crippen LogP contribution in [0.15, 0.2) is 53.6 Å². The minimum Gasteiger partial charge on any atom is -0.313 e. The van der Waals surface area contributed by atoms with Gasteiger partial charge in [0, 0.05) is 31.7 Å². The third-order valence-electron chi connectivity index (χ3n) is 4.75. The molecule has 1 atom stereocenters. The number of imidazole rings is 1. The van der Waals surface area contributed by atoms with E-state index >= 15 is 0 Å². The van der Waals surface area contributed by atoms with Crippen molar-refractivity contribution in [3.8, 4) is 0 Å². The fourth-order valence-corrected chi connectivity index (χ4v) is 5.02. The molecule has 0 N–H and O–H groups in total. The van der Waals surface area contributed by atoms with Gasteiger partial charge in [0.1, 0.15) is 11.3 Å². The van der Waals surface area contributed by atoms with Crippen molar-refractivity contribution in [2.24, 2.45) is 0 Å². The zero-order chi connectivity index (χ0) is 17.4. The second-order valence-corrected chi connectivity index (χ2v) is 8.16. The van der Waals surface area contributed by atoms with Gasteiger partial charge in [0.2, 0.25) is 10.0 Å². The lowest BCUT2D eigenvalue weighted by Crippen LogP contribution is -2.28. The van der Waals surface area contributed by atoms with Crippen LogP contribution in [-0.4, -0.2) is 40.3 Å². The molecule has 1 aromatic carbocycles. The maximum atomic E-state index is 12.8. The van der Waals surface area contributed by atoms with Crippen LogP contribution in [0.3, 0.4) is 0 Å². The Morgan fingerprint density at radius 2 is 1.96 bits per heavy atom. The molecule has 3 aromatic rings. The molecule has 1 fully saturated rings. The van der Waals surface area contributed by atoms with Crippen molar-refractivity contribution < 1.29 is 8.42 Å². The van der Waals surface area contributed by atoms with Gasteiger partial charge in [0.25, 0.3) is 0 Å². The average molecular weight is 356 g/mol. The standard InChI is InChI=1S/C18H20N4O2S/c1-2-22-17(20-16-9-6-11-19-18(16)22)14-10-12-21(13-14)25(23,24)15-7-4-3-5-8-15/h3-9,11,14H,2,10,12-13H2,1H3/t14-/m0/s1. The van der Waals surface area contributed by atoms with Crippen LogP contribution in [0.2, 0.25) is 0 Å². The summed E-state index contributed by atoms with van der Waals surface area (Å²) < 4.78 is 29.3. The molecule has 4 rings (SSSR count). The third kappa shape index (κ3) is 2.73. The molecule has 0 amide bonds. The molecule has 0 saturated carbocycles. The molecule has 0 bridgehead atoms. The number of aromatic nitrogens is 3. The highest BCUT2D eigenvalue weighted by Gasteiger charge is 2.35. The topological polar surface area (TPSA) is 68.1 Å². The highest BCUT2D eigenvalue weighted by Crippen LogP contribution is 2.32. The van der Waals surface area contributed by atoms with E-state index in [2.05, 4.69) is 16.5 Å². The van der Waals surface area contributed by atoms with Crippen LogP contribution in [0.4, 0.5) is 0 Å². The van der Waals surface area contributed by atoms with Crippen molar-refractivity contribution in [3.63, 3.8) is 0 Å². The molecule has 6 nitrogen and oxygen atoms in total. The van der Waals surface area contributed by atoms with Gasteiger partial charge >= 0.3 is 0 Å². The van der Waals surface area contributed by atoms with Crippen LogP contribution in [0, 0.1) is 0 Å². The summed E-state index contributed by atoms with van der Waals surface area (Å²) in [5.74, 6) is 1.02. The van der Waals surface area contributed by atoms with Gasteiger partial charge in [-0.15, -0.1) is 0 Å². The predicted octanol–water partition coefficient (Wildman–Crippen LogP) is 2.63. The maximum absolute atomic E-state index is 12.8. The molecule has 0 spiro atoms. The zero-order valence-corrected chi connectivity index (χ0v) is 14.9. The van der Waals surface area contributed by atoms with E-state index in [1.807, 2.05) is 18.2 Å². The fourth-order valence-electron chi connectivity index (χ4n) is 3.50. The number of sulfonamides is 1. The molecule has 7 heteroatoms. The summed E-state index contributed by atoms with van der Waals surface area (Å²) in [6, 6.07) is 12.4. The summed E-state index contributed by atoms with van der Waals surface area (Å²) in [7, 11) is -3.45. The lowest BCUT2D eigenvalue weighted by Gasteiger charge is -2.17. The Kier molecular flexibility index (Phi) is 4.05. The van der Waals surface area contributed by atoms with Crippen LogP contribution in [-0.2, 0) is 16.6 Å². The summed E-state index contributed by atoms with van der Waals surface area (Å²) in [5, 5.41) is 0. The highest BCUT2D eigenvalue weighted by molar-refractivity contribution is 7.89. The van der Waals surface area contributed by atoms with Crippen molar-refractivity contribution in [1.82, 2.24) is 18.8 Å². The number of hydrogen-bond donors (Lipinski definition) is 0. The van der Waals surface area contributed by atoms with E-state index in [0.717, 1.165) is 30.0 Å². The van der Waals surface area contributed by atoms with Gasteiger partial charge in [0.15, 0.2) is 5.65 Å². The molecule has 1 aliphatic heterocycles. The number of hydrogen-bond acceptors (Lipinski definition) is 4. The van der Waals surface area contributed by atoms with Gasteiger partial charge in [0.05, 0.1) is 4.90 Å². The van der Waals surface area contributed by atoms with E-state index in [1.165, 1.54) is 0 Å². The van der Waals surface area contributed by atoms with E-state index in [1.54, 1.807) is 34.8 Å². The van der Waals surface area contributed by atoms with Crippen molar-refractivity contribution in [2.45, 2.75) is 30.7 Å². The zero-order valence-electron chi connectivity index (χ0n) is 14.0. The van der Waals surface area contributed by atoms with Gasteiger partial charge in [-0.2, -0.15) is 4.31 Å². The number of pyridine rings is 1. The average Bonchev–Trinajstić information content (AvgIpc) is 3.27. The van der Waals surface area contributed by atoms with E-state index in [4.69, 9.17) is 4.98 Å². The number of benzene rings is 1. The SMILES string of the molecule is CCn1c([C@H]2CCN(S(=O)(=O)c3ccccc3)C2)nc2cccnc21. The van der Waals surface area contributed by atoms with Gasteiger partial charge in [-0.3, -0.25) is 0 Å². The maximum Gasteiger partial charge on any atom is 0.243 e. The van der Waals surface area contributed by atoms with E-state index in [9.17, 15) is 8.42 Å². The predicted molar refractivity (Wildman–Crippen MR) is 95.8 cm³/mol. The summed E-state index contributed by atoms with van der Waals surface area (Å²) >= 11 is 0. The first kappa shape index (κ1) is 16.2. The molecule has 130 valence electrons. The van der Waals surface area contributed by atoms with Gasteiger partial charge in [-0.05, 0) is 37.6 Å². The Bertz CT molecular complexity index is 998. The first-order valence-electron chi connectivity index (χ1n) is 8.47. The normalized spacial score (nSPS) is 18.8. The van der Waals surface area contributed by atoms with E-state index in [0.29, 0.717) is 18.0 Å². The minimum atomic E-state index is -3.45. The van der Waals surface area contributed by atoms with Crippen LogP contribution in [0.25, 0.3) is 11.2 Å². The minimum absolute atomic E-state index is 0.0904. The first-order valence-corrected chi connectivity index (χ1v) is 9.91. The summed E-state index contributed by atoms with van der Waals surface area (Å²) in [4.78, 5) is 9.51. The summed E-state index contributed by atoms with van der Waals surface area (Å²) in [6.45, 7) is 3.81. The second-order valence-electron chi connectivity index (χ2n) is 6.22. The Labute approximate surface area is 147 Å². The number of nitrogens with zero attached hydrogens (tertiary/aromatic N) is 4. The molecule has 0 radical (unpaired) electrons. The van der Waals surface area contributed by atoms with Crippen LogP contribution in [0.1, 0.15) is 25.1 Å². The van der Waals surface area contributed by atoms with Crippen molar-refractivity contribution in [3.05, 3.63) is 54.5 Å². The quantitative estimate of drug-likeness (QED) is 0.721.